The van der Waals surface area contributed by atoms with E-state index in [2.05, 4.69) is 10.6 Å². The van der Waals surface area contributed by atoms with Gasteiger partial charge in [-0.3, -0.25) is 14.4 Å². The predicted molar refractivity (Wildman–Crippen MR) is 94.2 cm³/mol. The molecule has 7 heteroatoms. The molecule has 2 amide bonds. The first-order chi connectivity index (χ1) is 12.0. The van der Waals surface area contributed by atoms with E-state index in [1.165, 1.54) is 0 Å². The molecule has 1 aromatic carbocycles. The summed E-state index contributed by atoms with van der Waals surface area (Å²) in [5, 5.41) is 14.0. The second-order valence-electron chi connectivity index (χ2n) is 6.42. The Kier molecular flexibility index (Phi) is 6.94. The van der Waals surface area contributed by atoms with E-state index in [4.69, 9.17) is 10.8 Å². The number of benzene rings is 1. The van der Waals surface area contributed by atoms with Gasteiger partial charge in [-0.05, 0) is 56.3 Å². The minimum absolute atomic E-state index is 0.0177. The highest BCUT2D eigenvalue weighted by atomic mass is 16.4. The van der Waals surface area contributed by atoms with Crippen LogP contribution in [0.1, 0.15) is 42.5 Å². The maximum atomic E-state index is 12.4. The van der Waals surface area contributed by atoms with E-state index in [1.807, 2.05) is 0 Å². The number of carbonyl (C=O) groups is 3. The summed E-state index contributed by atoms with van der Waals surface area (Å²) in [6.45, 7) is 0.739. The highest BCUT2D eigenvalue weighted by Gasteiger charge is 2.25. The third-order valence-corrected chi connectivity index (χ3v) is 4.57. The number of rotatable bonds is 7. The van der Waals surface area contributed by atoms with Crippen molar-refractivity contribution in [3.05, 3.63) is 29.8 Å². The van der Waals surface area contributed by atoms with Crippen molar-refractivity contribution in [2.75, 3.05) is 18.4 Å². The lowest BCUT2D eigenvalue weighted by Crippen LogP contribution is -2.29. The lowest BCUT2D eigenvalue weighted by Gasteiger charge is -2.26. The van der Waals surface area contributed by atoms with Crippen LogP contribution in [0.3, 0.4) is 0 Å². The maximum Gasteiger partial charge on any atom is 0.305 e. The van der Waals surface area contributed by atoms with Crippen LogP contribution in [-0.4, -0.2) is 36.0 Å². The van der Waals surface area contributed by atoms with Crippen molar-refractivity contribution < 1.29 is 19.5 Å². The third-order valence-electron chi connectivity index (χ3n) is 4.57. The summed E-state index contributed by atoms with van der Waals surface area (Å²) in [4.78, 5) is 34.9. The molecule has 136 valence electrons. The molecule has 1 fully saturated rings. The number of hydrogen-bond acceptors (Lipinski definition) is 4. The Hall–Kier alpha value is -2.41. The topological polar surface area (TPSA) is 122 Å². The average molecular weight is 347 g/mol. The molecule has 2 rings (SSSR count). The van der Waals surface area contributed by atoms with Crippen LogP contribution in [0.25, 0.3) is 0 Å². The summed E-state index contributed by atoms with van der Waals surface area (Å²) in [6, 6.07) is 6.64. The zero-order chi connectivity index (χ0) is 18.2. The Balaban J connectivity index is 1.89. The Bertz CT molecular complexity index is 625. The molecule has 0 spiro atoms. The molecule has 0 bridgehead atoms. The van der Waals surface area contributed by atoms with Gasteiger partial charge in [-0.15, -0.1) is 0 Å². The van der Waals surface area contributed by atoms with Gasteiger partial charge in [0.15, 0.2) is 0 Å². The van der Waals surface area contributed by atoms with E-state index < -0.39 is 5.97 Å². The zero-order valence-electron chi connectivity index (χ0n) is 14.2. The lowest BCUT2D eigenvalue weighted by atomic mass is 9.81. The van der Waals surface area contributed by atoms with Gasteiger partial charge in [0.05, 0.1) is 6.42 Å². The van der Waals surface area contributed by atoms with Gasteiger partial charge in [0, 0.05) is 23.7 Å². The molecule has 0 heterocycles. The monoisotopic (exact) mass is 347 g/mol. The van der Waals surface area contributed by atoms with Crippen LogP contribution in [0.4, 0.5) is 5.69 Å². The van der Waals surface area contributed by atoms with E-state index in [1.54, 1.807) is 24.3 Å². The Morgan fingerprint density at radius 2 is 1.88 bits per heavy atom. The number of nitrogens with one attached hydrogen (secondary N) is 2. The molecular formula is C18H25N3O4. The lowest BCUT2D eigenvalue weighted by molar-refractivity contribution is -0.136. The molecule has 0 aliphatic heterocycles. The molecule has 25 heavy (non-hydrogen) atoms. The number of anilines is 1. The smallest absolute Gasteiger partial charge is 0.305 e. The summed E-state index contributed by atoms with van der Waals surface area (Å²) in [5.74, 6) is -0.858. The third kappa shape index (κ3) is 5.86. The van der Waals surface area contributed by atoms with Gasteiger partial charge < -0.3 is 21.5 Å². The first kappa shape index (κ1) is 18.9. The molecule has 0 atom stereocenters. The minimum atomic E-state index is -0.967. The highest BCUT2D eigenvalue weighted by Crippen LogP contribution is 2.29. The number of carboxylic acids is 1. The molecule has 0 radical (unpaired) electrons. The van der Waals surface area contributed by atoms with Crippen LogP contribution < -0.4 is 16.4 Å². The molecular weight excluding hydrogens is 322 g/mol. The fourth-order valence-electron chi connectivity index (χ4n) is 3.03. The van der Waals surface area contributed by atoms with Gasteiger partial charge in [-0.25, -0.2) is 0 Å². The van der Waals surface area contributed by atoms with Gasteiger partial charge in [0.1, 0.15) is 0 Å². The number of carbonyl (C=O) groups excluding carboxylic acids is 2. The molecule has 1 saturated carbocycles. The van der Waals surface area contributed by atoms with Gasteiger partial charge in [-0.1, -0.05) is 6.07 Å². The molecule has 1 aliphatic rings. The van der Waals surface area contributed by atoms with Gasteiger partial charge in [-0.2, -0.15) is 0 Å². The van der Waals surface area contributed by atoms with Gasteiger partial charge >= 0.3 is 5.97 Å². The predicted octanol–water partition coefficient (Wildman–Crippen LogP) is 1.59. The highest BCUT2D eigenvalue weighted by molar-refractivity contribution is 5.97. The summed E-state index contributed by atoms with van der Waals surface area (Å²) in [5.41, 5.74) is 6.62. The van der Waals surface area contributed by atoms with Crippen molar-refractivity contribution in [2.24, 2.45) is 17.6 Å². The summed E-state index contributed by atoms with van der Waals surface area (Å²) >= 11 is 0. The van der Waals surface area contributed by atoms with E-state index in [0.29, 0.717) is 23.7 Å². The number of hydrogen-bond donors (Lipinski definition) is 4. The van der Waals surface area contributed by atoms with E-state index in [0.717, 1.165) is 25.7 Å². The van der Waals surface area contributed by atoms with Gasteiger partial charge in [0.2, 0.25) is 5.91 Å². The molecule has 1 aromatic rings. The second-order valence-corrected chi connectivity index (χ2v) is 6.42. The summed E-state index contributed by atoms with van der Waals surface area (Å²) < 4.78 is 0. The van der Waals surface area contributed by atoms with E-state index in [9.17, 15) is 14.4 Å². The van der Waals surface area contributed by atoms with Crippen LogP contribution in [0.15, 0.2) is 24.3 Å². The van der Waals surface area contributed by atoms with E-state index >= 15 is 0 Å². The molecule has 1 aliphatic carbocycles. The first-order valence-corrected chi connectivity index (χ1v) is 8.60. The van der Waals surface area contributed by atoms with Crippen molar-refractivity contribution in [1.82, 2.24) is 5.32 Å². The summed E-state index contributed by atoms with van der Waals surface area (Å²) in [6.07, 6.45) is 3.49. The fraction of sp³-hybridized carbons (Fsp3) is 0.500. The van der Waals surface area contributed by atoms with Gasteiger partial charge in [0.25, 0.3) is 5.91 Å². The average Bonchev–Trinajstić information content (AvgIpc) is 2.61. The minimum Gasteiger partial charge on any atom is -0.481 e. The molecule has 0 saturated heterocycles. The number of amides is 2. The van der Waals surface area contributed by atoms with Crippen molar-refractivity contribution in [3.63, 3.8) is 0 Å². The van der Waals surface area contributed by atoms with Crippen LogP contribution in [-0.2, 0) is 9.59 Å². The summed E-state index contributed by atoms with van der Waals surface area (Å²) in [7, 11) is 0. The number of nitrogens with two attached hydrogens (primary N) is 1. The van der Waals surface area contributed by atoms with Crippen LogP contribution in [0.2, 0.25) is 0 Å². The Morgan fingerprint density at radius 1 is 1.16 bits per heavy atom. The standard InChI is InChI=1S/C18H25N3O4/c19-11-12-4-6-13(7-5-12)18(25)21-15-3-1-2-14(10-15)17(24)20-9-8-16(22)23/h1-3,10,12-13H,4-9,11,19H2,(H,20,24)(H,21,25)(H,22,23). The Morgan fingerprint density at radius 3 is 2.52 bits per heavy atom. The number of carboxylic acid groups (broad SMARTS) is 1. The molecule has 5 N–H and O–H groups in total. The normalized spacial score (nSPS) is 19.9. The fourth-order valence-corrected chi connectivity index (χ4v) is 3.03. The SMILES string of the molecule is NCC1CCC(C(=O)Nc2cccc(C(=O)NCCC(=O)O)c2)CC1. The zero-order valence-corrected chi connectivity index (χ0v) is 14.2. The van der Waals surface area contributed by atoms with Crippen LogP contribution in [0.5, 0.6) is 0 Å². The molecule has 0 unspecified atom stereocenters. The largest absolute Gasteiger partial charge is 0.481 e. The van der Waals surface area contributed by atoms with Crippen molar-refractivity contribution >= 4 is 23.5 Å². The van der Waals surface area contributed by atoms with Crippen molar-refractivity contribution in [2.45, 2.75) is 32.1 Å². The molecule has 7 nitrogen and oxygen atoms in total. The van der Waals surface area contributed by atoms with Crippen molar-refractivity contribution in [3.8, 4) is 0 Å². The van der Waals surface area contributed by atoms with Crippen LogP contribution >= 0.6 is 0 Å². The maximum absolute atomic E-state index is 12.4. The van der Waals surface area contributed by atoms with Crippen LogP contribution in [0, 0.1) is 11.8 Å². The van der Waals surface area contributed by atoms with E-state index in [-0.39, 0.29) is 30.7 Å². The second kappa shape index (κ2) is 9.17. The molecule has 0 aromatic heterocycles. The van der Waals surface area contributed by atoms with Crippen molar-refractivity contribution in [1.29, 1.82) is 0 Å². The quantitative estimate of drug-likeness (QED) is 0.597. The Labute approximate surface area is 147 Å². The number of aliphatic carboxylic acids is 1. The first-order valence-electron chi connectivity index (χ1n) is 8.60.